The van der Waals surface area contributed by atoms with E-state index in [1.54, 1.807) is 11.1 Å². The molecule has 2 aliphatic rings. The van der Waals surface area contributed by atoms with Crippen LogP contribution < -0.4 is 20.4 Å². The van der Waals surface area contributed by atoms with E-state index in [-0.39, 0.29) is 17.6 Å². The van der Waals surface area contributed by atoms with Gasteiger partial charge >= 0.3 is 0 Å². The quantitative estimate of drug-likeness (QED) is 0.607. The highest BCUT2D eigenvalue weighted by Gasteiger charge is 2.38. The van der Waals surface area contributed by atoms with Gasteiger partial charge < -0.3 is 24.8 Å². The molecule has 33 heavy (non-hydrogen) atoms. The van der Waals surface area contributed by atoms with Crippen LogP contribution in [0.15, 0.2) is 36.8 Å². The molecule has 174 valence electrons. The molecule has 2 saturated heterocycles. The Morgan fingerprint density at radius 2 is 2.00 bits per heavy atom. The molecule has 3 aromatic rings. The van der Waals surface area contributed by atoms with Crippen molar-refractivity contribution in [3.05, 3.63) is 48.3 Å². The zero-order valence-electron chi connectivity index (χ0n) is 19.1. The highest BCUT2D eigenvalue weighted by Crippen LogP contribution is 2.29. The van der Waals surface area contributed by atoms with Crippen LogP contribution >= 0.6 is 0 Å². The number of carbonyl (C=O) groups excluding carboxylic acids is 1. The molecule has 1 atom stereocenters. The van der Waals surface area contributed by atoms with Crippen LogP contribution in [0, 0.1) is 11.7 Å². The SMILES string of the molecule is C[C@H]1CN(c2ncc(F)c(N3CC(C(=O)NC(C)(C)c4cnc5ccccn45)C3)n2)CCN1. The van der Waals surface area contributed by atoms with Gasteiger partial charge in [0.1, 0.15) is 5.65 Å². The molecule has 2 N–H and O–H groups in total. The molecule has 10 heteroatoms. The number of rotatable bonds is 5. The summed E-state index contributed by atoms with van der Waals surface area (Å²) in [4.78, 5) is 29.9. The van der Waals surface area contributed by atoms with E-state index in [1.165, 1.54) is 6.20 Å². The maximum atomic E-state index is 14.5. The van der Waals surface area contributed by atoms with E-state index >= 15 is 0 Å². The third-order valence-electron chi connectivity index (χ3n) is 6.41. The number of halogens is 1. The lowest BCUT2D eigenvalue weighted by atomic mass is 9.95. The summed E-state index contributed by atoms with van der Waals surface area (Å²) < 4.78 is 16.5. The van der Waals surface area contributed by atoms with Gasteiger partial charge in [-0.1, -0.05) is 6.07 Å². The first-order valence-electron chi connectivity index (χ1n) is 11.3. The monoisotopic (exact) mass is 452 g/mol. The molecule has 0 unspecified atom stereocenters. The van der Waals surface area contributed by atoms with Gasteiger partial charge in [0.25, 0.3) is 0 Å². The number of nitrogens with zero attached hydrogens (tertiary/aromatic N) is 6. The minimum atomic E-state index is -0.607. The number of anilines is 2. The Morgan fingerprint density at radius 1 is 1.18 bits per heavy atom. The fraction of sp³-hybridized carbons (Fsp3) is 0.478. The van der Waals surface area contributed by atoms with Crippen molar-refractivity contribution in [3.63, 3.8) is 0 Å². The van der Waals surface area contributed by atoms with Gasteiger partial charge in [-0.3, -0.25) is 4.79 Å². The van der Waals surface area contributed by atoms with Crippen LogP contribution in [-0.4, -0.2) is 64.0 Å². The molecule has 1 amide bonds. The van der Waals surface area contributed by atoms with Gasteiger partial charge in [0.2, 0.25) is 11.9 Å². The lowest BCUT2D eigenvalue weighted by molar-refractivity contribution is -0.127. The Hall–Kier alpha value is -3.27. The standard InChI is InChI=1S/C23H29FN8O/c1-15-12-30(9-7-25-15)22-27-10-17(24)20(28-22)31-13-16(14-31)21(33)29-23(2,3)18-11-26-19-6-4-5-8-32(18)19/h4-6,8,10-11,15-16,25H,7,9,12-14H2,1-3H3,(H,29,33)/t15-/m0/s1. The molecule has 5 rings (SSSR count). The highest BCUT2D eigenvalue weighted by atomic mass is 19.1. The van der Waals surface area contributed by atoms with Gasteiger partial charge in [-0.2, -0.15) is 4.98 Å². The number of pyridine rings is 1. The Kier molecular flexibility index (Phi) is 5.40. The molecular formula is C23H29FN8O. The molecule has 0 bridgehead atoms. The molecule has 0 aromatic carbocycles. The summed E-state index contributed by atoms with van der Waals surface area (Å²) in [5.74, 6) is 0.0257. The number of hydrogen-bond donors (Lipinski definition) is 2. The molecular weight excluding hydrogens is 423 g/mol. The summed E-state index contributed by atoms with van der Waals surface area (Å²) in [7, 11) is 0. The first-order valence-corrected chi connectivity index (χ1v) is 11.3. The molecule has 0 radical (unpaired) electrons. The van der Waals surface area contributed by atoms with Crippen molar-refractivity contribution in [2.45, 2.75) is 32.4 Å². The van der Waals surface area contributed by atoms with Crippen molar-refractivity contribution in [1.29, 1.82) is 0 Å². The van der Waals surface area contributed by atoms with Gasteiger partial charge in [-0.25, -0.2) is 14.4 Å². The zero-order chi connectivity index (χ0) is 23.2. The minimum absolute atomic E-state index is 0.0623. The Balaban J connectivity index is 1.25. The second kappa shape index (κ2) is 8.26. The van der Waals surface area contributed by atoms with Crippen LogP contribution in [0.1, 0.15) is 26.5 Å². The van der Waals surface area contributed by atoms with E-state index < -0.39 is 11.4 Å². The summed E-state index contributed by atoms with van der Waals surface area (Å²) in [5, 5.41) is 6.52. The molecule has 0 aliphatic carbocycles. The Bertz CT molecular complexity index is 1170. The van der Waals surface area contributed by atoms with E-state index in [9.17, 15) is 9.18 Å². The van der Waals surface area contributed by atoms with E-state index in [1.807, 2.05) is 42.6 Å². The second-order valence-corrected chi connectivity index (χ2v) is 9.43. The average Bonchev–Trinajstić information content (AvgIpc) is 3.19. The largest absolute Gasteiger partial charge is 0.352 e. The summed E-state index contributed by atoms with van der Waals surface area (Å²) in [5.41, 5.74) is 1.13. The second-order valence-electron chi connectivity index (χ2n) is 9.43. The maximum Gasteiger partial charge on any atom is 0.227 e. The molecule has 2 fully saturated rings. The molecule has 3 aromatic heterocycles. The first kappa shape index (κ1) is 21.6. The lowest BCUT2D eigenvalue weighted by Crippen LogP contribution is -2.57. The van der Waals surface area contributed by atoms with E-state index in [2.05, 4.69) is 37.4 Å². The summed E-state index contributed by atoms with van der Waals surface area (Å²) in [6.07, 6.45) is 4.95. The third-order valence-corrected chi connectivity index (χ3v) is 6.41. The lowest BCUT2D eigenvalue weighted by Gasteiger charge is -2.41. The number of imidazole rings is 1. The van der Waals surface area contributed by atoms with Crippen LogP contribution in [0.5, 0.6) is 0 Å². The molecule has 5 heterocycles. The van der Waals surface area contributed by atoms with Crippen LogP contribution in [0.4, 0.5) is 16.2 Å². The third kappa shape index (κ3) is 4.10. The van der Waals surface area contributed by atoms with Crippen molar-refractivity contribution >= 4 is 23.3 Å². The molecule has 2 aliphatic heterocycles. The van der Waals surface area contributed by atoms with Gasteiger partial charge in [0, 0.05) is 45.0 Å². The fourth-order valence-electron chi connectivity index (χ4n) is 4.52. The van der Waals surface area contributed by atoms with Crippen molar-refractivity contribution in [2.24, 2.45) is 5.92 Å². The van der Waals surface area contributed by atoms with Gasteiger partial charge in [0.05, 0.1) is 29.5 Å². The predicted octanol–water partition coefficient (Wildman–Crippen LogP) is 1.55. The molecule has 0 spiro atoms. The van der Waals surface area contributed by atoms with Crippen LogP contribution in [-0.2, 0) is 10.3 Å². The van der Waals surface area contributed by atoms with Crippen molar-refractivity contribution in [1.82, 2.24) is 30.0 Å². The smallest absolute Gasteiger partial charge is 0.227 e. The highest BCUT2D eigenvalue weighted by molar-refractivity contribution is 5.82. The van der Waals surface area contributed by atoms with Crippen molar-refractivity contribution < 1.29 is 9.18 Å². The Labute approximate surface area is 192 Å². The van der Waals surface area contributed by atoms with Crippen molar-refractivity contribution in [2.75, 3.05) is 42.5 Å². The van der Waals surface area contributed by atoms with Crippen LogP contribution in [0.25, 0.3) is 5.65 Å². The maximum absolute atomic E-state index is 14.5. The van der Waals surface area contributed by atoms with Gasteiger partial charge in [-0.05, 0) is 32.9 Å². The fourth-order valence-corrected chi connectivity index (χ4v) is 4.52. The van der Waals surface area contributed by atoms with Gasteiger partial charge in [0.15, 0.2) is 11.6 Å². The Morgan fingerprint density at radius 3 is 2.79 bits per heavy atom. The zero-order valence-corrected chi connectivity index (χ0v) is 19.1. The van der Waals surface area contributed by atoms with Crippen LogP contribution in [0.3, 0.4) is 0 Å². The first-order chi connectivity index (χ1) is 15.8. The minimum Gasteiger partial charge on any atom is -0.352 e. The van der Waals surface area contributed by atoms with Crippen molar-refractivity contribution in [3.8, 4) is 0 Å². The van der Waals surface area contributed by atoms with Gasteiger partial charge in [-0.15, -0.1) is 0 Å². The number of piperazine rings is 1. The summed E-state index contributed by atoms with van der Waals surface area (Å²) >= 11 is 0. The molecule has 0 saturated carbocycles. The van der Waals surface area contributed by atoms with E-state index in [0.29, 0.717) is 25.1 Å². The van der Waals surface area contributed by atoms with Crippen LogP contribution in [0.2, 0.25) is 0 Å². The molecule has 9 nitrogen and oxygen atoms in total. The van der Waals surface area contributed by atoms with E-state index in [0.717, 1.165) is 31.0 Å². The number of nitrogens with one attached hydrogen (secondary N) is 2. The summed E-state index contributed by atoms with van der Waals surface area (Å²) in [6, 6.07) is 6.12. The number of fused-ring (bicyclic) bond motifs is 1. The normalized spacial score (nSPS) is 19.6. The van der Waals surface area contributed by atoms with E-state index in [4.69, 9.17) is 0 Å². The average molecular weight is 453 g/mol. The topological polar surface area (TPSA) is 90.7 Å². The predicted molar refractivity (Wildman–Crippen MR) is 124 cm³/mol. The number of hydrogen-bond acceptors (Lipinski definition) is 7. The number of aromatic nitrogens is 4. The number of amides is 1. The number of carbonyl (C=O) groups is 1. The summed E-state index contributed by atoms with van der Waals surface area (Å²) in [6.45, 7) is 9.24.